The first-order valence-electron chi connectivity index (χ1n) is 8.44. The number of benzene rings is 1. The summed E-state index contributed by atoms with van der Waals surface area (Å²) in [5.41, 5.74) is 2.04. The first kappa shape index (κ1) is 16.6. The summed E-state index contributed by atoms with van der Waals surface area (Å²) < 4.78 is 11.5. The molecule has 1 fully saturated rings. The molecule has 24 heavy (non-hydrogen) atoms. The molecule has 130 valence electrons. The van der Waals surface area contributed by atoms with Gasteiger partial charge in [-0.2, -0.15) is 0 Å². The van der Waals surface area contributed by atoms with Crippen LogP contribution >= 0.6 is 0 Å². The number of nitrogens with one attached hydrogen (secondary N) is 1. The van der Waals surface area contributed by atoms with E-state index in [1.807, 2.05) is 26.0 Å². The third kappa shape index (κ3) is 3.32. The molecule has 0 radical (unpaired) electrons. The highest BCUT2D eigenvalue weighted by atomic mass is 16.5. The van der Waals surface area contributed by atoms with E-state index in [0.717, 1.165) is 29.0 Å². The largest absolute Gasteiger partial charge is 0.494 e. The first-order valence-corrected chi connectivity index (χ1v) is 8.44. The topological polar surface area (TPSA) is 67.9 Å². The van der Waals surface area contributed by atoms with Crippen molar-refractivity contribution in [1.29, 1.82) is 0 Å². The number of fused-ring (bicyclic) bond motifs is 1. The molecule has 1 N–H and O–H groups in total. The minimum Gasteiger partial charge on any atom is -0.494 e. The maximum atomic E-state index is 12.3. The van der Waals surface area contributed by atoms with Gasteiger partial charge in [0, 0.05) is 44.1 Å². The summed E-state index contributed by atoms with van der Waals surface area (Å²) in [4.78, 5) is 25.5. The molecule has 0 aliphatic carbocycles. The number of carbonyl (C=O) groups is 2. The Morgan fingerprint density at radius 2 is 2.21 bits per heavy atom. The Morgan fingerprint density at radius 3 is 2.88 bits per heavy atom. The van der Waals surface area contributed by atoms with Crippen LogP contribution in [0.2, 0.25) is 0 Å². The standard InChI is InChI=1S/C18H24N2O4/c1-4-23-15-6-12-5-11(2)24-16(12)7-13(15)9-19-18(22)14-8-17(21)20(3)10-14/h6-7,11,14H,4-5,8-10H2,1-3H3,(H,19,22). The summed E-state index contributed by atoms with van der Waals surface area (Å²) in [6.45, 7) is 5.39. The number of hydrogen-bond acceptors (Lipinski definition) is 4. The smallest absolute Gasteiger partial charge is 0.225 e. The Balaban J connectivity index is 1.69. The van der Waals surface area contributed by atoms with Gasteiger partial charge >= 0.3 is 0 Å². The first-order chi connectivity index (χ1) is 11.5. The molecule has 0 spiro atoms. The Hall–Kier alpha value is -2.24. The molecule has 2 aliphatic heterocycles. The molecule has 0 aromatic heterocycles. The molecule has 6 heteroatoms. The van der Waals surface area contributed by atoms with E-state index in [1.165, 1.54) is 0 Å². The Labute approximate surface area is 142 Å². The van der Waals surface area contributed by atoms with Gasteiger partial charge in [0.1, 0.15) is 17.6 Å². The third-order valence-electron chi connectivity index (χ3n) is 4.54. The van der Waals surface area contributed by atoms with Crippen molar-refractivity contribution in [3.8, 4) is 11.5 Å². The summed E-state index contributed by atoms with van der Waals surface area (Å²) >= 11 is 0. The lowest BCUT2D eigenvalue weighted by atomic mass is 10.1. The number of nitrogens with zero attached hydrogens (tertiary/aromatic N) is 1. The van der Waals surface area contributed by atoms with Gasteiger partial charge in [-0.25, -0.2) is 0 Å². The second kappa shape index (κ2) is 6.71. The number of rotatable bonds is 5. The van der Waals surface area contributed by atoms with Crippen LogP contribution in [0.3, 0.4) is 0 Å². The fourth-order valence-corrected chi connectivity index (χ4v) is 3.28. The van der Waals surface area contributed by atoms with Crippen LogP contribution in [0.15, 0.2) is 12.1 Å². The van der Waals surface area contributed by atoms with E-state index in [1.54, 1.807) is 11.9 Å². The van der Waals surface area contributed by atoms with Crippen molar-refractivity contribution in [2.45, 2.75) is 39.3 Å². The van der Waals surface area contributed by atoms with Crippen LogP contribution in [0.4, 0.5) is 0 Å². The number of likely N-dealkylation sites (tertiary alicyclic amines) is 1. The lowest BCUT2D eigenvalue weighted by molar-refractivity contribution is -0.128. The molecule has 3 rings (SSSR count). The summed E-state index contributed by atoms with van der Waals surface area (Å²) in [5, 5.41) is 2.93. The van der Waals surface area contributed by atoms with Crippen molar-refractivity contribution >= 4 is 11.8 Å². The van der Waals surface area contributed by atoms with Gasteiger partial charge in [0.2, 0.25) is 11.8 Å². The molecule has 0 bridgehead atoms. The highest BCUT2D eigenvalue weighted by molar-refractivity contribution is 5.89. The van der Waals surface area contributed by atoms with Gasteiger partial charge in [-0.15, -0.1) is 0 Å². The highest BCUT2D eigenvalue weighted by Crippen LogP contribution is 2.35. The second-order valence-corrected chi connectivity index (χ2v) is 6.53. The van der Waals surface area contributed by atoms with Crippen LogP contribution in [-0.4, -0.2) is 43.0 Å². The van der Waals surface area contributed by atoms with E-state index in [4.69, 9.17) is 9.47 Å². The molecule has 2 heterocycles. The van der Waals surface area contributed by atoms with Gasteiger partial charge in [0.25, 0.3) is 0 Å². The zero-order valence-electron chi connectivity index (χ0n) is 14.4. The second-order valence-electron chi connectivity index (χ2n) is 6.53. The minimum absolute atomic E-state index is 0.0186. The maximum Gasteiger partial charge on any atom is 0.225 e. The molecule has 2 amide bonds. The van der Waals surface area contributed by atoms with Crippen molar-refractivity contribution in [1.82, 2.24) is 10.2 Å². The van der Waals surface area contributed by atoms with Crippen LogP contribution in [0.25, 0.3) is 0 Å². The average molecular weight is 332 g/mol. The lowest BCUT2D eigenvalue weighted by Gasteiger charge is -2.15. The van der Waals surface area contributed by atoms with Gasteiger partial charge in [-0.3, -0.25) is 9.59 Å². The van der Waals surface area contributed by atoms with Crippen molar-refractivity contribution in [2.24, 2.45) is 5.92 Å². The van der Waals surface area contributed by atoms with Crippen molar-refractivity contribution < 1.29 is 19.1 Å². The van der Waals surface area contributed by atoms with E-state index >= 15 is 0 Å². The highest BCUT2D eigenvalue weighted by Gasteiger charge is 2.32. The van der Waals surface area contributed by atoms with Gasteiger partial charge in [0.15, 0.2) is 0 Å². The van der Waals surface area contributed by atoms with Crippen molar-refractivity contribution in [3.63, 3.8) is 0 Å². The van der Waals surface area contributed by atoms with Gasteiger partial charge < -0.3 is 19.7 Å². The van der Waals surface area contributed by atoms with Gasteiger partial charge in [-0.1, -0.05) is 0 Å². The summed E-state index contributed by atoms with van der Waals surface area (Å²) in [5.74, 6) is 1.30. The zero-order chi connectivity index (χ0) is 17.3. The quantitative estimate of drug-likeness (QED) is 0.887. The molecule has 1 aromatic carbocycles. The molecule has 2 atom stereocenters. The Morgan fingerprint density at radius 1 is 1.42 bits per heavy atom. The van der Waals surface area contributed by atoms with E-state index in [0.29, 0.717) is 19.7 Å². The van der Waals surface area contributed by atoms with E-state index < -0.39 is 0 Å². The molecule has 2 aliphatic rings. The average Bonchev–Trinajstić information content (AvgIpc) is 3.06. The normalized spacial score (nSPS) is 22.3. The van der Waals surface area contributed by atoms with Gasteiger partial charge in [0.05, 0.1) is 12.5 Å². The predicted octanol–water partition coefficient (Wildman–Crippen LogP) is 1.50. The lowest BCUT2D eigenvalue weighted by Crippen LogP contribution is -2.31. The molecule has 1 aromatic rings. The Bertz CT molecular complexity index is 659. The number of hydrogen-bond donors (Lipinski definition) is 1. The zero-order valence-corrected chi connectivity index (χ0v) is 14.4. The van der Waals surface area contributed by atoms with Crippen LogP contribution in [0.1, 0.15) is 31.4 Å². The SMILES string of the molecule is CCOc1cc2c(cc1CNC(=O)C1CC(=O)N(C)C1)OC(C)C2. The van der Waals surface area contributed by atoms with Crippen molar-refractivity contribution in [3.05, 3.63) is 23.3 Å². The molecular weight excluding hydrogens is 308 g/mol. The minimum atomic E-state index is -0.274. The van der Waals surface area contributed by atoms with Crippen molar-refractivity contribution in [2.75, 3.05) is 20.2 Å². The number of carbonyl (C=O) groups excluding carboxylic acids is 2. The fraction of sp³-hybridized carbons (Fsp3) is 0.556. The molecule has 1 saturated heterocycles. The third-order valence-corrected chi connectivity index (χ3v) is 4.54. The van der Waals surface area contributed by atoms with E-state index in [9.17, 15) is 9.59 Å². The predicted molar refractivity (Wildman–Crippen MR) is 89.0 cm³/mol. The summed E-state index contributed by atoms with van der Waals surface area (Å²) in [7, 11) is 1.72. The van der Waals surface area contributed by atoms with Crippen LogP contribution in [-0.2, 0) is 22.6 Å². The van der Waals surface area contributed by atoms with Crippen LogP contribution < -0.4 is 14.8 Å². The number of ether oxygens (including phenoxy) is 2. The maximum absolute atomic E-state index is 12.3. The molecule has 2 unspecified atom stereocenters. The molecular formula is C18H24N2O4. The van der Waals surface area contributed by atoms with E-state index in [-0.39, 0.29) is 30.3 Å². The monoisotopic (exact) mass is 332 g/mol. The molecule has 0 saturated carbocycles. The fourth-order valence-electron chi connectivity index (χ4n) is 3.28. The van der Waals surface area contributed by atoms with Gasteiger partial charge in [-0.05, 0) is 26.0 Å². The van der Waals surface area contributed by atoms with Crippen LogP contribution in [0, 0.1) is 5.92 Å². The number of amides is 2. The Kier molecular flexibility index (Phi) is 4.64. The molecule has 6 nitrogen and oxygen atoms in total. The van der Waals surface area contributed by atoms with Crippen LogP contribution in [0.5, 0.6) is 11.5 Å². The van der Waals surface area contributed by atoms with E-state index in [2.05, 4.69) is 5.32 Å². The summed E-state index contributed by atoms with van der Waals surface area (Å²) in [6.07, 6.45) is 1.32. The summed E-state index contributed by atoms with van der Waals surface area (Å²) in [6, 6.07) is 3.97.